The largest absolute Gasteiger partial charge is 0.492 e. The number of hydrogen-bond acceptors (Lipinski definition) is 5. The smallest absolute Gasteiger partial charge is 0.224 e. The monoisotopic (exact) mass is 300 g/mol. The first-order valence-electron chi connectivity index (χ1n) is 7.81. The number of para-hydroxylation sites is 2. The lowest BCUT2D eigenvalue weighted by Gasteiger charge is -2.13. The first kappa shape index (κ1) is 16.1. The molecule has 0 radical (unpaired) electrons. The molecule has 0 atom stereocenters. The molecule has 0 saturated carbocycles. The van der Waals surface area contributed by atoms with Crippen LogP contribution in [0.2, 0.25) is 0 Å². The fraction of sp³-hybridized carbons (Fsp3) is 0.412. The number of aryl methyl sites for hydroxylation is 1. The molecule has 2 N–H and O–H groups in total. The average Bonchev–Trinajstić information content (AvgIpc) is 2.49. The molecule has 0 aliphatic heterocycles. The van der Waals surface area contributed by atoms with Crippen molar-refractivity contribution in [3.8, 4) is 5.75 Å². The predicted octanol–water partition coefficient (Wildman–Crippen LogP) is 4.14. The maximum Gasteiger partial charge on any atom is 0.224 e. The molecule has 118 valence electrons. The Hall–Kier alpha value is -2.30. The Morgan fingerprint density at radius 1 is 1.14 bits per heavy atom. The number of ether oxygens (including phenoxy) is 1. The van der Waals surface area contributed by atoms with Crippen LogP contribution in [0.1, 0.15) is 32.4 Å². The molecule has 5 heteroatoms. The van der Waals surface area contributed by atoms with E-state index in [1.54, 1.807) is 0 Å². The van der Waals surface area contributed by atoms with Crippen molar-refractivity contribution in [3.63, 3.8) is 0 Å². The minimum absolute atomic E-state index is 0.630. The number of nitrogens with zero attached hydrogens (tertiary/aromatic N) is 2. The fourth-order valence-corrected chi connectivity index (χ4v) is 2.08. The van der Waals surface area contributed by atoms with Gasteiger partial charge in [-0.15, -0.1) is 0 Å². The molecule has 2 aromatic rings. The van der Waals surface area contributed by atoms with Crippen LogP contribution in [0.4, 0.5) is 17.5 Å². The van der Waals surface area contributed by atoms with E-state index in [2.05, 4.69) is 27.5 Å². The molecule has 0 saturated heterocycles. The van der Waals surface area contributed by atoms with E-state index in [1.807, 2.05) is 44.2 Å². The summed E-state index contributed by atoms with van der Waals surface area (Å²) < 4.78 is 5.63. The highest BCUT2D eigenvalue weighted by molar-refractivity contribution is 5.64. The second-order valence-electron chi connectivity index (χ2n) is 5.05. The van der Waals surface area contributed by atoms with Crippen LogP contribution >= 0.6 is 0 Å². The van der Waals surface area contributed by atoms with Gasteiger partial charge < -0.3 is 15.4 Å². The van der Waals surface area contributed by atoms with Crippen LogP contribution < -0.4 is 15.4 Å². The molecule has 0 amide bonds. The van der Waals surface area contributed by atoms with Crippen molar-refractivity contribution < 1.29 is 4.74 Å². The zero-order valence-electron chi connectivity index (χ0n) is 13.5. The van der Waals surface area contributed by atoms with Gasteiger partial charge in [0, 0.05) is 18.3 Å². The van der Waals surface area contributed by atoms with Crippen LogP contribution in [0, 0.1) is 6.92 Å². The Balaban J connectivity index is 2.15. The molecule has 1 aromatic carbocycles. The maximum atomic E-state index is 5.63. The highest BCUT2D eigenvalue weighted by Crippen LogP contribution is 2.27. The third-order valence-corrected chi connectivity index (χ3v) is 3.12. The maximum absolute atomic E-state index is 5.63. The van der Waals surface area contributed by atoms with Gasteiger partial charge in [-0.05, 0) is 32.4 Å². The average molecular weight is 300 g/mol. The van der Waals surface area contributed by atoms with E-state index in [1.165, 1.54) is 0 Å². The van der Waals surface area contributed by atoms with E-state index in [0.29, 0.717) is 12.6 Å². The topological polar surface area (TPSA) is 59.1 Å². The molecule has 1 heterocycles. The minimum Gasteiger partial charge on any atom is -0.492 e. The number of unbranched alkanes of at least 4 members (excludes halogenated alkanes) is 1. The Bertz CT molecular complexity index is 601. The first-order valence-corrected chi connectivity index (χ1v) is 7.81. The van der Waals surface area contributed by atoms with Crippen LogP contribution in [0.25, 0.3) is 0 Å². The van der Waals surface area contributed by atoms with Gasteiger partial charge in [-0.3, -0.25) is 0 Å². The van der Waals surface area contributed by atoms with Crippen molar-refractivity contribution >= 4 is 17.5 Å². The second-order valence-corrected chi connectivity index (χ2v) is 5.05. The molecular formula is C17H24N4O. The summed E-state index contributed by atoms with van der Waals surface area (Å²) in [5, 5.41) is 6.57. The van der Waals surface area contributed by atoms with Gasteiger partial charge in [0.05, 0.1) is 12.3 Å². The van der Waals surface area contributed by atoms with E-state index in [4.69, 9.17) is 4.74 Å². The highest BCUT2D eigenvalue weighted by Gasteiger charge is 2.06. The summed E-state index contributed by atoms with van der Waals surface area (Å²) >= 11 is 0. The van der Waals surface area contributed by atoms with Gasteiger partial charge in [0.25, 0.3) is 0 Å². The molecule has 0 spiro atoms. The highest BCUT2D eigenvalue weighted by atomic mass is 16.5. The quantitative estimate of drug-likeness (QED) is 0.718. The van der Waals surface area contributed by atoms with Crippen molar-refractivity contribution in [1.82, 2.24) is 9.97 Å². The van der Waals surface area contributed by atoms with Gasteiger partial charge in [-0.25, -0.2) is 4.98 Å². The van der Waals surface area contributed by atoms with E-state index < -0.39 is 0 Å². The van der Waals surface area contributed by atoms with Crippen molar-refractivity contribution in [2.45, 2.75) is 33.6 Å². The number of aromatic nitrogens is 2. The second kappa shape index (κ2) is 8.22. The molecule has 0 aliphatic carbocycles. The summed E-state index contributed by atoms with van der Waals surface area (Å²) in [6, 6.07) is 9.78. The number of benzene rings is 1. The molecular weight excluding hydrogens is 276 g/mol. The molecule has 0 fully saturated rings. The van der Waals surface area contributed by atoms with E-state index in [9.17, 15) is 0 Å². The zero-order chi connectivity index (χ0) is 15.8. The van der Waals surface area contributed by atoms with Gasteiger partial charge in [-0.2, -0.15) is 4.98 Å². The van der Waals surface area contributed by atoms with Gasteiger partial charge in [0.1, 0.15) is 11.6 Å². The Labute approximate surface area is 132 Å². The lowest BCUT2D eigenvalue weighted by molar-refractivity contribution is 0.342. The van der Waals surface area contributed by atoms with Crippen molar-refractivity contribution in [1.29, 1.82) is 0 Å². The van der Waals surface area contributed by atoms with Crippen LogP contribution in [-0.4, -0.2) is 23.1 Å². The SMILES string of the molecule is CCCCNc1nc(C)cc(Nc2ccccc2OCC)n1. The van der Waals surface area contributed by atoms with Crippen LogP contribution in [0.15, 0.2) is 30.3 Å². The molecule has 2 rings (SSSR count). The van der Waals surface area contributed by atoms with Gasteiger partial charge in [0.15, 0.2) is 0 Å². The summed E-state index contributed by atoms with van der Waals surface area (Å²) in [6.07, 6.45) is 2.25. The van der Waals surface area contributed by atoms with E-state index in [-0.39, 0.29) is 0 Å². The number of rotatable bonds is 8. The Morgan fingerprint density at radius 3 is 2.73 bits per heavy atom. The van der Waals surface area contributed by atoms with E-state index >= 15 is 0 Å². The normalized spacial score (nSPS) is 10.3. The van der Waals surface area contributed by atoms with Crippen molar-refractivity contribution in [2.24, 2.45) is 0 Å². The molecule has 22 heavy (non-hydrogen) atoms. The molecule has 0 unspecified atom stereocenters. The van der Waals surface area contributed by atoms with Crippen LogP contribution in [0.3, 0.4) is 0 Å². The van der Waals surface area contributed by atoms with E-state index in [0.717, 1.165) is 42.3 Å². The fourth-order valence-electron chi connectivity index (χ4n) is 2.08. The third kappa shape index (κ3) is 4.62. The zero-order valence-corrected chi connectivity index (χ0v) is 13.5. The van der Waals surface area contributed by atoms with Crippen molar-refractivity contribution in [3.05, 3.63) is 36.0 Å². The van der Waals surface area contributed by atoms with Crippen LogP contribution in [0.5, 0.6) is 5.75 Å². The summed E-state index contributed by atoms with van der Waals surface area (Å²) in [6.45, 7) is 7.62. The number of anilines is 3. The third-order valence-electron chi connectivity index (χ3n) is 3.12. The van der Waals surface area contributed by atoms with Crippen LogP contribution in [-0.2, 0) is 0 Å². The molecule has 0 aliphatic rings. The summed E-state index contributed by atoms with van der Waals surface area (Å²) in [5.74, 6) is 2.24. The van der Waals surface area contributed by atoms with Gasteiger partial charge >= 0.3 is 0 Å². The van der Waals surface area contributed by atoms with Crippen molar-refractivity contribution in [2.75, 3.05) is 23.8 Å². The Kier molecular flexibility index (Phi) is 6.01. The van der Waals surface area contributed by atoms with Gasteiger partial charge in [-0.1, -0.05) is 25.5 Å². The number of hydrogen-bond donors (Lipinski definition) is 2. The lowest BCUT2D eigenvalue weighted by Crippen LogP contribution is -2.07. The molecule has 5 nitrogen and oxygen atoms in total. The minimum atomic E-state index is 0.630. The lowest BCUT2D eigenvalue weighted by atomic mass is 10.3. The summed E-state index contributed by atoms with van der Waals surface area (Å²) in [7, 11) is 0. The van der Waals surface area contributed by atoms with Gasteiger partial charge in [0.2, 0.25) is 5.95 Å². The first-order chi connectivity index (χ1) is 10.7. The molecule has 1 aromatic heterocycles. The molecule has 0 bridgehead atoms. The summed E-state index contributed by atoms with van der Waals surface area (Å²) in [5.41, 5.74) is 1.83. The standard InChI is InChI=1S/C17H24N4O/c1-4-6-11-18-17-19-13(3)12-16(21-17)20-14-9-7-8-10-15(14)22-5-2/h7-10,12H,4-6,11H2,1-3H3,(H2,18,19,20,21). The predicted molar refractivity (Wildman–Crippen MR) is 91.1 cm³/mol. The number of nitrogens with one attached hydrogen (secondary N) is 2. The Morgan fingerprint density at radius 2 is 1.95 bits per heavy atom. The summed E-state index contributed by atoms with van der Waals surface area (Å²) in [4.78, 5) is 8.93.